The molecule has 0 amide bonds. The van der Waals surface area contributed by atoms with Crippen LogP contribution in [-0.2, 0) is 12.6 Å². The van der Waals surface area contributed by atoms with Crippen molar-refractivity contribution in [3.8, 4) is 17.5 Å². The summed E-state index contributed by atoms with van der Waals surface area (Å²) in [4.78, 5) is 26.2. The van der Waals surface area contributed by atoms with Crippen LogP contribution in [0.5, 0.6) is 0 Å². The van der Waals surface area contributed by atoms with Crippen molar-refractivity contribution in [2.24, 2.45) is 0 Å². The molecule has 0 spiro atoms. The third-order valence-corrected chi connectivity index (χ3v) is 7.82. The molecule has 3 aromatic heterocycles. The Balaban J connectivity index is 1.27. The van der Waals surface area contributed by atoms with Gasteiger partial charge in [0.05, 0.1) is 27.8 Å². The van der Waals surface area contributed by atoms with Crippen molar-refractivity contribution in [1.29, 1.82) is 0 Å². The van der Waals surface area contributed by atoms with Gasteiger partial charge in [-0.05, 0) is 62.1 Å². The number of thiophene rings is 1. The van der Waals surface area contributed by atoms with Crippen LogP contribution in [0.25, 0.3) is 15.9 Å². The topological polar surface area (TPSA) is 72.7 Å². The zero-order valence-corrected chi connectivity index (χ0v) is 23.0. The largest absolute Gasteiger partial charge is 0.416 e. The number of fused-ring (bicyclic) bond motifs is 1. The van der Waals surface area contributed by atoms with Crippen LogP contribution < -0.4 is 5.32 Å². The maximum atomic E-state index is 13.7. The summed E-state index contributed by atoms with van der Waals surface area (Å²) >= 11 is 1.53. The number of anilines is 1. The lowest BCUT2D eigenvalue weighted by Crippen LogP contribution is -2.10. The predicted molar refractivity (Wildman–Crippen MR) is 153 cm³/mol. The number of halogens is 3. The molecule has 1 aliphatic carbocycles. The molecule has 0 aliphatic heterocycles. The number of aryl methyl sites for hydroxylation is 2. The number of nitrogens with zero attached hydrogens (tertiary/aromatic N) is 4. The van der Waals surface area contributed by atoms with Gasteiger partial charge in [-0.15, -0.1) is 11.3 Å². The molecule has 0 atom stereocenters. The Labute approximate surface area is 238 Å². The van der Waals surface area contributed by atoms with Crippen molar-refractivity contribution >= 4 is 33.2 Å². The minimum Gasteiger partial charge on any atom is -0.366 e. The number of rotatable bonds is 6. The first-order chi connectivity index (χ1) is 19.6. The minimum atomic E-state index is -4.55. The molecule has 0 unspecified atom stereocenters. The highest BCUT2D eigenvalue weighted by Gasteiger charge is 2.31. The van der Waals surface area contributed by atoms with Gasteiger partial charge in [-0.3, -0.25) is 4.79 Å². The van der Waals surface area contributed by atoms with Crippen molar-refractivity contribution in [1.82, 2.24) is 19.5 Å². The number of ketones is 1. The molecule has 0 radical (unpaired) electrons. The van der Waals surface area contributed by atoms with Crippen LogP contribution in [0.2, 0.25) is 0 Å². The van der Waals surface area contributed by atoms with E-state index in [9.17, 15) is 18.0 Å². The maximum Gasteiger partial charge on any atom is 0.416 e. The van der Waals surface area contributed by atoms with E-state index in [1.807, 2.05) is 12.3 Å². The lowest BCUT2D eigenvalue weighted by molar-refractivity contribution is -0.137. The quantitative estimate of drug-likeness (QED) is 0.177. The van der Waals surface area contributed by atoms with Crippen LogP contribution in [0.3, 0.4) is 0 Å². The average Bonchev–Trinajstić information content (AvgIpc) is 3.48. The second kappa shape index (κ2) is 10.5. The number of hydrogen-bond acceptors (Lipinski definition) is 6. The van der Waals surface area contributed by atoms with Crippen LogP contribution in [0.1, 0.15) is 56.7 Å². The van der Waals surface area contributed by atoms with E-state index < -0.39 is 11.7 Å². The average molecular weight is 572 g/mol. The minimum absolute atomic E-state index is 0.191. The van der Waals surface area contributed by atoms with E-state index in [0.717, 1.165) is 52.1 Å². The Bertz CT molecular complexity index is 1860. The van der Waals surface area contributed by atoms with Crippen molar-refractivity contribution in [3.63, 3.8) is 0 Å². The number of alkyl halides is 3. The summed E-state index contributed by atoms with van der Waals surface area (Å²) in [5, 5.41) is 5.37. The molecule has 1 saturated carbocycles. The molecule has 0 bridgehead atoms. The first kappa shape index (κ1) is 26.7. The number of aromatic nitrogens is 4. The predicted octanol–water partition coefficient (Wildman–Crippen LogP) is 6.91. The number of hydrogen-bond donors (Lipinski definition) is 1. The smallest absolute Gasteiger partial charge is 0.366 e. The Kier molecular flexibility index (Phi) is 6.83. The fourth-order valence-electron chi connectivity index (χ4n) is 4.47. The van der Waals surface area contributed by atoms with Gasteiger partial charge in [-0.1, -0.05) is 24.0 Å². The van der Waals surface area contributed by atoms with Gasteiger partial charge in [0.1, 0.15) is 17.7 Å². The van der Waals surface area contributed by atoms with E-state index in [4.69, 9.17) is 0 Å². The third kappa shape index (κ3) is 5.86. The highest BCUT2D eigenvalue weighted by atomic mass is 32.1. The lowest BCUT2D eigenvalue weighted by Gasteiger charge is -2.13. The van der Waals surface area contributed by atoms with Gasteiger partial charge in [-0.25, -0.2) is 15.0 Å². The van der Waals surface area contributed by atoms with Crippen molar-refractivity contribution in [2.75, 3.05) is 5.32 Å². The summed E-state index contributed by atoms with van der Waals surface area (Å²) in [6.07, 6.45) is 2.15. The third-order valence-electron chi connectivity index (χ3n) is 6.84. The van der Waals surface area contributed by atoms with E-state index in [0.29, 0.717) is 28.6 Å². The molecular formula is C31H24F3N5OS. The number of carbonyl (C=O) groups excluding carboxylic acids is 1. The SMILES string of the molecule is Cc1cn(-c2cc(CC(=O)c3ccc(C)c(C#Cc4csc5c(NC6CC6)ncnc45)c3)cc(C(F)(F)F)c2)cn1. The van der Waals surface area contributed by atoms with Gasteiger partial charge in [0.15, 0.2) is 5.78 Å². The summed E-state index contributed by atoms with van der Waals surface area (Å²) < 4.78 is 43.5. The van der Waals surface area contributed by atoms with Crippen LogP contribution in [0, 0.1) is 25.7 Å². The Morgan fingerprint density at radius 3 is 2.61 bits per heavy atom. The van der Waals surface area contributed by atoms with Crippen molar-refractivity contribution in [2.45, 2.75) is 45.3 Å². The summed E-state index contributed by atoms with van der Waals surface area (Å²) in [5.74, 6) is 6.87. The van der Waals surface area contributed by atoms with Crippen molar-refractivity contribution < 1.29 is 18.0 Å². The van der Waals surface area contributed by atoms with Crippen LogP contribution in [-0.4, -0.2) is 31.3 Å². The highest BCUT2D eigenvalue weighted by Crippen LogP contribution is 2.33. The Morgan fingerprint density at radius 2 is 1.88 bits per heavy atom. The van der Waals surface area contributed by atoms with E-state index in [1.165, 1.54) is 28.6 Å². The fourth-order valence-corrected chi connectivity index (χ4v) is 5.37. The number of imidazole rings is 1. The molecule has 0 saturated heterocycles. The monoisotopic (exact) mass is 571 g/mol. The Morgan fingerprint density at radius 1 is 1.07 bits per heavy atom. The number of carbonyl (C=O) groups is 1. The van der Waals surface area contributed by atoms with E-state index in [1.54, 1.807) is 37.4 Å². The van der Waals surface area contributed by atoms with Gasteiger partial charge < -0.3 is 9.88 Å². The molecular weight excluding hydrogens is 547 g/mol. The Hall–Kier alpha value is -4.49. The molecule has 6 nitrogen and oxygen atoms in total. The van der Waals surface area contributed by atoms with Crippen LogP contribution >= 0.6 is 11.3 Å². The van der Waals surface area contributed by atoms with Crippen LogP contribution in [0.4, 0.5) is 19.0 Å². The highest BCUT2D eigenvalue weighted by molar-refractivity contribution is 7.18. The van der Waals surface area contributed by atoms with Gasteiger partial charge in [-0.2, -0.15) is 13.2 Å². The second-order valence-electron chi connectivity index (χ2n) is 10.2. The first-order valence-corrected chi connectivity index (χ1v) is 13.9. The van der Waals surface area contributed by atoms with Crippen LogP contribution in [0.15, 0.2) is 60.6 Å². The fraction of sp³-hybridized carbons (Fsp3) is 0.226. The molecule has 6 rings (SSSR count). The van der Waals surface area contributed by atoms with E-state index >= 15 is 0 Å². The van der Waals surface area contributed by atoms with Gasteiger partial charge in [0.2, 0.25) is 0 Å². The molecule has 3 heterocycles. The zero-order valence-electron chi connectivity index (χ0n) is 22.2. The normalized spacial score (nSPS) is 13.2. The zero-order chi connectivity index (χ0) is 28.7. The maximum absolute atomic E-state index is 13.7. The van der Waals surface area contributed by atoms with Gasteiger partial charge in [0, 0.05) is 40.9 Å². The summed E-state index contributed by atoms with van der Waals surface area (Å²) in [6.45, 7) is 3.65. The molecule has 10 heteroatoms. The van der Waals surface area contributed by atoms with Gasteiger partial charge >= 0.3 is 6.18 Å². The molecule has 41 heavy (non-hydrogen) atoms. The number of nitrogens with one attached hydrogen (secondary N) is 1. The molecule has 1 aliphatic rings. The lowest BCUT2D eigenvalue weighted by atomic mass is 9.97. The summed E-state index contributed by atoms with van der Waals surface area (Å²) in [6, 6.07) is 9.30. The van der Waals surface area contributed by atoms with E-state index in [2.05, 4.69) is 32.1 Å². The van der Waals surface area contributed by atoms with Gasteiger partial charge in [0.25, 0.3) is 0 Å². The number of benzene rings is 2. The molecule has 2 aromatic carbocycles. The summed E-state index contributed by atoms with van der Waals surface area (Å²) in [5.41, 5.74) is 3.89. The summed E-state index contributed by atoms with van der Waals surface area (Å²) in [7, 11) is 0. The second-order valence-corrected chi connectivity index (χ2v) is 11.0. The number of Topliss-reactive ketones (excluding diaryl/α,β-unsaturated/α-hetero) is 1. The van der Waals surface area contributed by atoms with E-state index in [-0.39, 0.29) is 17.8 Å². The molecule has 1 N–H and O–H groups in total. The molecule has 1 fully saturated rings. The van der Waals surface area contributed by atoms with Crippen molar-refractivity contribution in [3.05, 3.63) is 99.7 Å². The standard InChI is InChI=1S/C31H24F3N5OS/c1-18-3-4-22(12-21(18)5-6-23-15-41-29-28(23)35-16-36-30(29)38-25-7-8-25)27(40)11-20-9-24(31(32,33)34)13-26(10-20)39-14-19(2)37-17-39/h3-4,9-10,12-17,25H,7-8,11H2,1-2H3,(H,35,36,38). The first-order valence-electron chi connectivity index (χ1n) is 13.0. The molecule has 206 valence electrons. The molecule has 5 aromatic rings.